The second-order valence-corrected chi connectivity index (χ2v) is 6.24. The number of hydrogen-bond acceptors (Lipinski definition) is 6. The van der Waals surface area contributed by atoms with E-state index < -0.39 is 0 Å². The van der Waals surface area contributed by atoms with Gasteiger partial charge >= 0.3 is 0 Å². The third-order valence-electron chi connectivity index (χ3n) is 3.42. The van der Waals surface area contributed by atoms with Crippen molar-refractivity contribution < 1.29 is 18.3 Å². The highest BCUT2D eigenvalue weighted by molar-refractivity contribution is 7.99. The van der Waals surface area contributed by atoms with Gasteiger partial charge in [-0.3, -0.25) is 4.79 Å². The van der Waals surface area contributed by atoms with Gasteiger partial charge in [0.1, 0.15) is 11.6 Å². The molecule has 134 valence electrons. The van der Waals surface area contributed by atoms with Crippen molar-refractivity contribution in [1.82, 2.24) is 10.2 Å². The summed E-state index contributed by atoms with van der Waals surface area (Å²) in [6.45, 7) is 1.75. The molecule has 0 atom stereocenters. The molecule has 1 heterocycles. The molecule has 3 aromatic rings. The fourth-order valence-corrected chi connectivity index (χ4v) is 2.65. The maximum atomic E-state index is 13.5. The Morgan fingerprint density at radius 2 is 2.00 bits per heavy atom. The summed E-state index contributed by atoms with van der Waals surface area (Å²) < 4.78 is 24.4. The topological polar surface area (TPSA) is 77.2 Å². The fraction of sp³-hybridized carbons (Fsp3) is 0.167. The van der Waals surface area contributed by atoms with Gasteiger partial charge in [0.2, 0.25) is 5.91 Å². The summed E-state index contributed by atoms with van der Waals surface area (Å²) >= 11 is 1.10. The molecule has 1 N–H and O–H groups in total. The van der Waals surface area contributed by atoms with E-state index in [9.17, 15) is 9.18 Å². The Labute approximate surface area is 153 Å². The average molecular weight is 373 g/mol. The summed E-state index contributed by atoms with van der Waals surface area (Å²) in [4.78, 5) is 12.0. The van der Waals surface area contributed by atoms with Gasteiger partial charge in [0.05, 0.1) is 5.75 Å². The van der Waals surface area contributed by atoms with Crippen LogP contribution in [0.25, 0.3) is 0 Å². The van der Waals surface area contributed by atoms with Crippen molar-refractivity contribution in [2.45, 2.75) is 18.8 Å². The Morgan fingerprint density at radius 3 is 2.81 bits per heavy atom. The number of anilines is 1. The molecule has 0 spiro atoms. The van der Waals surface area contributed by atoms with E-state index in [4.69, 9.17) is 9.15 Å². The summed E-state index contributed by atoms with van der Waals surface area (Å²) in [6, 6.07) is 13.8. The summed E-state index contributed by atoms with van der Waals surface area (Å²) in [6.07, 6.45) is 0. The summed E-state index contributed by atoms with van der Waals surface area (Å²) in [7, 11) is 0. The molecule has 0 saturated carbocycles. The SMILES string of the molecule is Cc1c(F)cccc1NC(=O)CSc1nnc(COc2ccccc2)o1. The first-order chi connectivity index (χ1) is 12.6. The van der Waals surface area contributed by atoms with Gasteiger partial charge in [0.15, 0.2) is 6.61 Å². The van der Waals surface area contributed by atoms with Crippen molar-refractivity contribution in [3.8, 4) is 5.75 Å². The lowest BCUT2D eigenvalue weighted by molar-refractivity contribution is -0.113. The number of amides is 1. The number of thioether (sulfide) groups is 1. The highest BCUT2D eigenvalue weighted by atomic mass is 32.2. The molecule has 0 aliphatic heterocycles. The number of benzene rings is 2. The predicted octanol–water partition coefficient (Wildman–Crippen LogP) is 3.83. The maximum Gasteiger partial charge on any atom is 0.277 e. The van der Waals surface area contributed by atoms with E-state index in [1.54, 1.807) is 19.1 Å². The molecule has 0 aliphatic rings. The first-order valence-electron chi connectivity index (χ1n) is 7.80. The van der Waals surface area contributed by atoms with Gasteiger partial charge in [-0.1, -0.05) is 36.0 Å². The van der Waals surface area contributed by atoms with Crippen LogP contribution in [0.4, 0.5) is 10.1 Å². The number of aromatic nitrogens is 2. The Hall–Kier alpha value is -2.87. The summed E-state index contributed by atoms with van der Waals surface area (Å²) in [5, 5.41) is 10.7. The molecule has 0 unspecified atom stereocenters. The van der Waals surface area contributed by atoms with Crippen LogP contribution in [0.5, 0.6) is 5.75 Å². The van der Waals surface area contributed by atoms with Gasteiger partial charge in [-0.2, -0.15) is 0 Å². The number of hydrogen-bond donors (Lipinski definition) is 1. The number of nitrogens with zero attached hydrogens (tertiary/aromatic N) is 2. The van der Waals surface area contributed by atoms with Gasteiger partial charge in [-0.25, -0.2) is 4.39 Å². The molecule has 0 radical (unpaired) electrons. The van der Waals surface area contributed by atoms with E-state index in [0.29, 0.717) is 22.9 Å². The van der Waals surface area contributed by atoms with Gasteiger partial charge in [0, 0.05) is 11.3 Å². The van der Waals surface area contributed by atoms with Crippen molar-refractivity contribution in [3.63, 3.8) is 0 Å². The predicted molar refractivity (Wildman–Crippen MR) is 95.6 cm³/mol. The molecule has 0 fully saturated rings. The molecule has 3 rings (SSSR count). The van der Waals surface area contributed by atoms with E-state index in [1.807, 2.05) is 30.3 Å². The van der Waals surface area contributed by atoms with Crippen molar-refractivity contribution in [1.29, 1.82) is 0 Å². The lowest BCUT2D eigenvalue weighted by Crippen LogP contribution is -2.15. The first-order valence-corrected chi connectivity index (χ1v) is 8.78. The molecule has 6 nitrogen and oxygen atoms in total. The molecule has 26 heavy (non-hydrogen) atoms. The van der Waals surface area contributed by atoms with Crippen LogP contribution in [0.2, 0.25) is 0 Å². The maximum absolute atomic E-state index is 13.5. The summed E-state index contributed by atoms with van der Waals surface area (Å²) in [5.41, 5.74) is 0.835. The highest BCUT2D eigenvalue weighted by Gasteiger charge is 2.12. The zero-order valence-corrected chi connectivity index (χ0v) is 14.8. The lowest BCUT2D eigenvalue weighted by Gasteiger charge is -2.07. The zero-order chi connectivity index (χ0) is 18.4. The average Bonchev–Trinajstić information content (AvgIpc) is 3.11. The smallest absolute Gasteiger partial charge is 0.277 e. The van der Waals surface area contributed by atoms with Crippen LogP contribution in [0.15, 0.2) is 58.2 Å². The highest BCUT2D eigenvalue weighted by Crippen LogP contribution is 2.20. The van der Waals surface area contributed by atoms with E-state index in [1.165, 1.54) is 6.07 Å². The van der Waals surface area contributed by atoms with Gasteiger partial charge in [-0.15, -0.1) is 10.2 Å². The number of carbonyl (C=O) groups excluding carboxylic acids is 1. The number of carbonyl (C=O) groups is 1. The van der Waals surface area contributed by atoms with Crippen LogP contribution in [-0.4, -0.2) is 21.9 Å². The van der Waals surface area contributed by atoms with Crippen molar-refractivity contribution >= 4 is 23.4 Å². The minimum atomic E-state index is -0.365. The number of para-hydroxylation sites is 1. The minimum Gasteiger partial charge on any atom is -0.484 e. The minimum absolute atomic E-state index is 0.0666. The third-order valence-corrected chi connectivity index (χ3v) is 4.24. The normalized spacial score (nSPS) is 10.5. The number of nitrogens with one attached hydrogen (secondary N) is 1. The Morgan fingerprint density at radius 1 is 1.19 bits per heavy atom. The Balaban J connectivity index is 1.48. The van der Waals surface area contributed by atoms with E-state index >= 15 is 0 Å². The third kappa shape index (κ3) is 4.82. The van der Waals surface area contributed by atoms with Crippen molar-refractivity contribution in [3.05, 3.63) is 65.8 Å². The van der Waals surface area contributed by atoms with Crippen LogP contribution in [-0.2, 0) is 11.4 Å². The molecular weight excluding hydrogens is 357 g/mol. The van der Waals surface area contributed by atoms with E-state index in [-0.39, 0.29) is 29.3 Å². The molecule has 0 saturated heterocycles. The Kier molecular flexibility index (Phi) is 5.85. The fourth-order valence-electron chi connectivity index (χ4n) is 2.07. The molecule has 1 aromatic heterocycles. The van der Waals surface area contributed by atoms with Gasteiger partial charge < -0.3 is 14.5 Å². The van der Waals surface area contributed by atoms with Crippen LogP contribution < -0.4 is 10.1 Å². The number of rotatable bonds is 7. The zero-order valence-electron chi connectivity index (χ0n) is 13.9. The monoisotopic (exact) mass is 373 g/mol. The largest absolute Gasteiger partial charge is 0.484 e. The van der Waals surface area contributed by atoms with Crippen LogP contribution >= 0.6 is 11.8 Å². The van der Waals surface area contributed by atoms with E-state index in [0.717, 1.165) is 11.8 Å². The first kappa shape index (κ1) is 17.9. The molecular formula is C18H16FN3O3S. The van der Waals surface area contributed by atoms with Crippen LogP contribution in [0, 0.1) is 12.7 Å². The number of ether oxygens (including phenoxy) is 1. The van der Waals surface area contributed by atoms with Crippen LogP contribution in [0.3, 0.4) is 0 Å². The Bertz CT molecular complexity index is 886. The van der Waals surface area contributed by atoms with Gasteiger partial charge in [-0.05, 0) is 31.2 Å². The number of halogens is 1. The van der Waals surface area contributed by atoms with Gasteiger partial charge in [0.25, 0.3) is 11.1 Å². The molecule has 1 amide bonds. The van der Waals surface area contributed by atoms with E-state index in [2.05, 4.69) is 15.5 Å². The van der Waals surface area contributed by atoms with Crippen molar-refractivity contribution in [2.75, 3.05) is 11.1 Å². The summed E-state index contributed by atoms with van der Waals surface area (Å²) in [5.74, 6) is 0.429. The second-order valence-electron chi connectivity index (χ2n) is 5.31. The molecule has 2 aromatic carbocycles. The molecule has 0 aliphatic carbocycles. The standard InChI is InChI=1S/C18H16FN3O3S/c1-12-14(19)8-5-9-15(12)20-16(23)11-26-18-22-21-17(25-18)10-24-13-6-3-2-4-7-13/h2-9H,10-11H2,1H3,(H,20,23). The second kappa shape index (κ2) is 8.48. The lowest BCUT2D eigenvalue weighted by atomic mass is 10.2. The van der Waals surface area contributed by atoms with Crippen molar-refractivity contribution in [2.24, 2.45) is 0 Å². The molecule has 8 heteroatoms. The quantitative estimate of drug-likeness (QED) is 0.634. The van der Waals surface area contributed by atoms with Crippen LogP contribution in [0.1, 0.15) is 11.5 Å². The molecule has 0 bridgehead atoms.